The largest absolute Gasteiger partial charge is 0.313 e. The molecule has 1 aliphatic rings. The van der Waals surface area contributed by atoms with E-state index < -0.39 is 0 Å². The second-order valence-electron chi connectivity index (χ2n) is 5.72. The molecule has 0 aromatic carbocycles. The first-order valence-electron chi connectivity index (χ1n) is 7.68. The number of likely N-dealkylation sites (N-methyl/N-ethyl adjacent to an activating group) is 1. The molecule has 1 aliphatic carbocycles. The SMILES string of the molecule is CCCC(C)NCC(C)N(CC)C1CCCC1. The molecular weight excluding hydrogens is 208 g/mol. The molecule has 1 saturated carbocycles. The molecule has 1 N–H and O–H groups in total. The summed E-state index contributed by atoms with van der Waals surface area (Å²) < 4.78 is 0. The molecule has 0 spiro atoms. The molecule has 102 valence electrons. The predicted octanol–water partition coefficient (Wildman–Crippen LogP) is 3.42. The molecule has 1 fully saturated rings. The van der Waals surface area contributed by atoms with Crippen molar-refractivity contribution in [2.45, 2.75) is 84.3 Å². The van der Waals surface area contributed by atoms with Crippen molar-refractivity contribution in [3.05, 3.63) is 0 Å². The van der Waals surface area contributed by atoms with Crippen molar-refractivity contribution in [2.24, 2.45) is 0 Å². The third-order valence-electron chi connectivity index (χ3n) is 4.21. The molecule has 2 atom stereocenters. The van der Waals surface area contributed by atoms with E-state index in [0.29, 0.717) is 12.1 Å². The Hall–Kier alpha value is -0.0800. The molecule has 0 heterocycles. The monoisotopic (exact) mass is 240 g/mol. The van der Waals surface area contributed by atoms with Gasteiger partial charge < -0.3 is 5.32 Å². The van der Waals surface area contributed by atoms with E-state index in [0.717, 1.165) is 12.6 Å². The lowest BCUT2D eigenvalue weighted by Crippen LogP contribution is -2.46. The van der Waals surface area contributed by atoms with Crippen molar-refractivity contribution in [2.75, 3.05) is 13.1 Å². The summed E-state index contributed by atoms with van der Waals surface area (Å²) in [6.07, 6.45) is 8.29. The fraction of sp³-hybridized carbons (Fsp3) is 1.00. The Bertz CT molecular complexity index is 187. The highest BCUT2D eigenvalue weighted by atomic mass is 15.2. The molecule has 0 radical (unpaired) electrons. The zero-order valence-electron chi connectivity index (χ0n) is 12.3. The topological polar surface area (TPSA) is 15.3 Å². The molecule has 17 heavy (non-hydrogen) atoms. The summed E-state index contributed by atoms with van der Waals surface area (Å²) >= 11 is 0. The highest BCUT2D eigenvalue weighted by Gasteiger charge is 2.24. The van der Waals surface area contributed by atoms with E-state index in [-0.39, 0.29) is 0 Å². The fourth-order valence-corrected chi connectivity index (χ4v) is 3.19. The van der Waals surface area contributed by atoms with Crippen LogP contribution in [0.25, 0.3) is 0 Å². The Labute approximate surface area is 108 Å². The summed E-state index contributed by atoms with van der Waals surface area (Å²) in [5.41, 5.74) is 0. The summed E-state index contributed by atoms with van der Waals surface area (Å²) in [5.74, 6) is 0. The van der Waals surface area contributed by atoms with Gasteiger partial charge in [0.05, 0.1) is 0 Å². The molecule has 0 aliphatic heterocycles. The lowest BCUT2D eigenvalue weighted by molar-refractivity contribution is 0.148. The summed E-state index contributed by atoms with van der Waals surface area (Å²) in [6, 6.07) is 2.21. The van der Waals surface area contributed by atoms with Crippen LogP contribution < -0.4 is 5.32 Å². The van der Waals surface area contributed by atoms with E-state index in [1.165, 1.54) is 45.1 Å². The van der Waals surface area contributed by atoms with Gasteiger partial charge in [0.2, 0.25) is 0 Å². The van der Waals surface area contributed by atoms with E-state index in [1.807, 2.05) is 0 Å². The lowest BCUT2D eigenvalue weighted by Gasteiger charge is -2.34. The van der Waals surface area contributed by atoms with Crippen LogP contribution in [0.3, 0.4) is 0 Å². The molecule has 0 bridgehead atoms. The highest BCUT2D eigenvalue weighted by molar-refractivity contribution is 4.81. The first kappa shape index (κ1) is 15.0. The van der Waals surface area contributed by atoms with Gasteiger partial charge in [0.1, 0.15) is 0 Å². The van der Waals surface area contributed by atoms with Crippen LogP contribution in [0.1, 0.15) is 66.2 Å². The van der Waals surface area contributed by atoms with Crippen molar-refractivity contribution in [1.82, 2.24) is 10.2 Å². The maximum atomic E-state index is 3.68. The van der Waals surface area contributed by atoms with E-state index >= 15 is 0 Å². The smallest absolute Gasteiger partial charge is 0.0195 e. The first-order chi connectivity index (χ1) is 8.19. The van der Waals surface area contributed by atoms with E-state index in [1.54, 1.807) is 0 Å². The Morgan fingerprint density at radius 1 is 1.18 bits per heavy atom. The van der Waals surface area contributed by atoms with Crippen molar-refractivity contribution in [3.8, 4) is 0 Å². The van der Waals surface area contributed by atoms with E-state index in [2.05, 4.69) is 37.9 Å². The van der Waals surface area contributed by atoms with Gasteiger partial charge in [-0.25, -0.2) is 0 Å². The maximum absolute atomic E-state index is 3.68. The number of hydrogen-bond acceptors (Lipinski definition) is 2. The standard InChI is InChI=1S/C15H32N2/c1-5-9-13(3)16-12-14(4)17(6-2)15-10-7-8-11-15/h13-16H,5-12H2,1-4H3. The van der Waals surface area contributed by atoms with E-state index in [9.17, 15) is 0 Å². The van der Waals surface area contributed by atoms with Gasteiger partial charge in [0, 0.05) is 24.7 Å². The van der Waals surface area contributed by atoms with Crippen LogP contribution in [0.2, 0.25) is 0 Å². The first-order valence-corrected chi connectivity index (χ1v) is 7.68. The van der Waals surface area contributed by atoms with Crippen LogP contribution in [-0.2, 0) is 0 Å². The second-order valence-corrected chi connectivity index (χ2v) is 5.72. The molecule has 2 unspecified atom stereocenters. The van der Waals surface area contributed by atoms with Gasteiger partial charge in [0.15, 0.2) is 0 Å². The van der Waals surface area contributed by atoms with Crippen molar-refractivity contribution in [1.29, 1.82) is 0 Å². The number of rotatable bonds is 8. The molecule has 0 amide bonds. The molecule has 0 aromatic rings. The third kappa shape index (κ3) is 4.97. The Morgan fingerprint density at radius 2 is 1.82 bits per heavy atom. The second kappa shape index (κ2) is 8.10. The van der Waals surface area contributed by atoms with Gasteiger partial charge in [-0.1, -0.05) is 33.1 Å². The van der Waals surface area contributed by atoms with Crippen LogP contribution in [0, 0.1) is 0 Å². The minimum atomic E-state index is 0.671. The van der Waals surface area contributed by atoms with Crippen molar-refractivity contribution >= 4 is 0 Å². The van der Waals surface area contributed by atoms with Crippen LogP contribution in [0.15, 0.2) is 0 Å². The van der Waals surface area contributed by atoms with Gasteiger partial charge in [-0.3, -0.25) is 4.90 Å². The summed E-state index contributed by atoms with van der Waals surface area (Å²) in [5, 5.41) is 3.68. The van der Waals surface area contributed by atoms with Gasteiger partial charge in [-0.2, -0.15) is 0 Å². The number of nitrogens with zero attached hydrogens (tertiary/aromatic N) is 1. The predicted molar refractivity (Wildman–Crippen MR) is 76.5 cm³/mol. The molecule has 0 saturated heterocycles. The van der Waals surface area contributed by atoms with Crippen LogP contribution >= 0.6 is 0 Å². The average molecular weight is 240 g/mol. The third-order valence-corrected chi connectivity index (χ3v) is 4.21. The van der Waals surface area contributed by atoms with Crippen LogP contribution in [-0.4, -0.2) is 36.1 Å². The number of hydrogen-bond donors (Lipinski definition) is 1. The highest BCUT2D eigenvalue weighted by Crippen LogP contribution is 2.24. The van der Waals surface area contributed by atoms with Gasteiger partial charge in [-0.05, 0) is 39.7 Å². The molecule has 1 rings (SSSR count). The zero-order chi connectivity index (χ0) is 12.7. The minimum absolute atomic E-state index is 0.671. The van der Waals surface area contributed by atoms with E-state index in [4.69, 9.17) is 0 Å². The molecule has 0 aromatic heterocycles. The van der Waals surface area contributed by atoms with Crippen LogP contribution in [0.5, 0.6) is 0 Å². The maximum Gasteiger partial charge on any atom is 0.0195 e. The van der Waals surface area contributed by atoms with Gasteiger partial charge in [-0.15, -0.1) is 0 Å². The lowest BCUT2D eigenvalue weighted by atomic mass is 10.1. The minimum Gasteiger partial charge on any atom is -0.313 e. The quantitative estimate of drug-likeness (QED) is 0.699. The van der Waals surface area contributed by atoms with Gasteiger partial charge >= 0.3 is 0 Å². The Balaban J connectivity index is 2.30. The summed E-state index contributed by atoms with van der Waals surface area (Å²) in [7, 11) is 0. The number of nitrogens with one attached hydrogen (secondary N) is 1. The van der Waals surface area contributed by atoms with Gasteiger partial charge in [0.25, 0.3) is 0 Å². The molecule has 2 nitrogen and oxygen atoms in total. The van der Waals surface area contributed by atoms with Crippen molar-refractivity contribution in [3.63, 3.8) is 0 Å². The average Bonchev–Trinajstić information content (AvgIpc) is 2.81. The van der Waals surface area contributed by atoms with Crippen molar-refractivity contribution < 1.29 is 0 Å². The summed E-state index contributed by atoms with van der Waals surface area (Å²) in [6.45, 7) is 11.6. The Kier molecular flexibility index (Phi) is 7.14. The zero-order valence-corrected chi connectivity index (χ0v) is 12.3. The Morgan fingerprint density at radius 3 is 2.35 bits per heavy atom. The molecule has 2 heteroatoms. The fourth-order valence-electron chi connectivity index (χ4n) is 3.19. The normalized spacial score (nSPS) is 21.0. The molecular formula is C15H32N2. The van der Waals surface area contributed by atoms with Crippen LogP contribution in [0.4, 0.5) is 0 Å². The summed E-state index contributed by atoms with van der Waals surface area (Å²) in [4.78, 5) is 2.71.